The van der Waals surface area contributed by atoms with Gasteiger partial charge in [-0.1, -0.05) is 52.0 Å². The Bertz CT molecular complexity index is 977. The highest BCUT2D eigenvalue weighted by atomic mass is 16.5. The highest BCUT2D eigenvalue weighted by Gasteiger charge is 2.37. The summed E-state index contributed by atoms with van der Waals surface area (Å²) in [6.45, 7) is 10.7. The summed E-state index contributed by atoms with van der Waals surface area (Å²) in [6, 6.07) is 11.2. The molecule has 0 fully saturated rings. The minimum Gasteiger partial charge on any atom is -0.489 e. The number of rotatable bonds is 6. The Kier molecular flexibility index (Phi) is 5.79. The van der Waals surface area contributed by atoms with Gasteiger partial charge < -0.3 is 15.6 Å². The molecule has 160 valence electrons. The number of carbonyl (C=O) groups excluding carboxylic acids is 1. The number of benzene rings is 2. The number of nitrogens with two attached hydrogens (primary N) is 1. The molecule has 0 amide bonds. The van der Waals surface area contributed by atoms with Crippen molar-refractivity contribution in [3.63, 3.8) is 0 Å². The van der Waals surface area contributed by atoms with Crippen molar-refractivity contribution in [3.05, 3.63) is 64.7 Å². The van der Waals surface area contributed by atoms with Crippen LogP contribution in [0.5, 0.6) is 5.75 Å². The predicted molar refractivity (Wildman–Crippen MR) is 118 cm³/mol. The maximum atomic E-state index is 12.9. The van der Waals surface area contributed by atoms with Gasteiger partial charge >= 0.3 is 5.97 Å². The van der Waals surface area contributed by atoms with Crippen molar-refractivity contribution in [2.45, 2.75) is 70.4 Å². The normalized spacial score (nSPS) is 18.7. The largest absolute Gasteiger partial charge is 0.489 e. The molecule has 0 radical (unpaired) electrons. The molecule has 0 aromatic heterocycles. The third-order valence-electron chi connectivity index (χ3n) is 6.38. The summed E-state index contributed by atoms with van der Waals surface area (Å²) in [5.41, 5.74) is 8.97. The van der Waals surface area contributed by atoms with Gasteiger partial charge in [-0.2, -0.15) is 0 Å². The molecular formula is C25H31NO4. The van der Waals surface area contributed by atoms with Gasteiger partial charge in [0.1, 0.15) is 17.9 Å². The smallest absolute Gasteiger partial charge is 0.336 e. The van der Waals surface area contributed by atoms with Gasteiger partial charge in [-0.25, -0.2) is 4.79 Å². The van der Waals surface area contributed by atoms with Gasteiger partial charge in [0.15, 0.2) is 5.78 Å². The molecule has 1 aliphatic rings. The van der Waals surface area contributed by atoms with E-state index in [1.54, 1.807) is 19.1 Å². The summed E-state index contributed by atoms with van der Waals surface area (Å²) in [5.74, 6) is -0.930. The zero-order valence-corrected chi connectivity index (χ0v) is 18.4. The Morgan fingerprint density at radius 2 is 1.53 bits per heavy atom. The maximum absolute atomic E-state index is 12.9. The lowest BCUT2D eigenvalue weighted by atomic mass is 9.63. The lowest BCUT2D eigenvalue weighted by Gasteiger charge is -2.42. The lowest BCUT2D eigenvalue weighted by molar-refractivity contribution is 0.0688. The maximum Gasteiger partial charge on any atom is 0.336 e. The van der Waals surface area contributed by atoms with Gasteiger partial charge in [-0.05, 0) is 59.9 Å². The third kappa shape index (κ3) is 4.12. The van der Waals surface area contributed by atoms with Gasteiger partial charge in [0.25, 0.3) is 0 Å². The number of hydrogen-bond donors (Lipinski definition) is 2. The SMILES string of the molecule is CC(Oc1ccc2c(c1)C(C)(C)CCC2(C)C)C(N)C(=O)c1ccccc1C(=O)O. The van der Waals surface area contributed by atoms with Crippen LogP contribution in [0.2, 0.25) is 0 Å². The van der Waals surface area contributed by atoms with Gasteiger partial charge in [0.2, 0.25) is 0 Å². The average molecular weight is 410 g/mol. The molecule has 2 unspecified atom stereocenters. The molecule has 5 heteroatoms. The van der Waals surface area contributed by atoms with E-state index in [1.165, 1.54) is 23.3 Å². The summed E-state index contributed by atoms with van der Waals surface area (Å²) in [5, 5.41) is 9.35. The van der Waals surface area contributed by atoms with Crippen molar-refractivity contribution in [2.75, 3.05) is 0 Å². The van der Waals surface area contributed by atoms with Gasteiger partial charge in [0, 0.05) is 5.56 Å². The monoisotopic (exact) mass is 409 g/mol. The van der Waals surface area contributed by atoms with Crippen molar-refractivity contribution in [1.29, 1.82) is 0 Å². The van der Waals surface area contributed by atoms with Crippen molar-refractivity contribution in [1.82, 2.24) is 0 Å². The molecule has 3 N–H and O–H groups in total. The topological polar surface area (TPSA) is 89.6 Å². The van der Waals surface area contributed by atoms with Crippen molar-refractivity contribution < 1.29 is 19.4 Å². The Morgan fingerprint density at radius 1 is 0.967 bits per heavy atom. The van der Waals surface area contributed by atoms with E-state index in [2.05, 4.69) is 39.8 Å². The lowest BCUT2D eigenvalue weighted by Crippen LogP contribution is -2.44. The molecule has 0 aliphatic heterocycles. The average Bonchev–Trinajstić information content (AvgIpc) is 2.70. The van der Waals surface area contributed by atoms with E-state index in [1.807, 2.05) is 6.07 Å². The standard InChI is InChI=1S/C25H31NO4/c1-15(21(26)22(27)17-8-6-7-9-18(17)23(28)29)30-16-10-11-19-20(14-16)25(4,5)13-12-24(19,2)3/h6-11,14-15,21H,12-13,26H2,1-5H3,(H,28,29). The van der Waals surface area contributed by atoms with E-state index in [9.17, 15) is 14.7 Å². The summed E-state index contributed by atoms with van der Waals surface area (Å²) in [6.07, 6.45) is 1.61. The van der Waals surface area contributed by atoms with Crippen LogP contribution in [0.3, 0.4) is 0 Å². The second-order valence-electron chi connectivity index (χ2n) is 9.54. The van der Waals surface area contributed by atoms with E-state index >= 15 is 0 Å². The molecule has 5 nitrogen and oxygen atoms in total. The first-order valence-corrected chi connectivity index (χ1v) is 10.4. The number of carboxylic acid groups (broad SMARTS) is 1. The molecule has 1 aliphatic carbocycles. The Labute approximate surface area is 178 Å². The van der Waals surface area contributed by atoms with Crippen molar-refractivity contribution >= 4 is 11.8 Å². The fraction of sp³-hybridized carbons (Fsp3) is 0.440. The number of aromatic carboxylic acids is 1. The summed E-state index contributed by atoms with van der Waals surface area (Å²) < 4.78 is 6.05. The molecule has 0 saturated heterocycles. The van der Waals surface area contributed by atoms with Crippen LogP contribution in [0.1, 0.15) is 79.3 Å². The van der Waals surface area contributed by atoms with E-state index in [4.69, 9.17) is 10.5 Å². The summed E-state index contributed by atoms with van der Waals surface area (Å²) in [7, 11) is 0. The quantitative estimate of drug-likeness (QED) is 0.674. The second-order valence-corrected chi connectivity index (χ2v) is 9.54. The minimum absolute atomic E-state index is 0.0474. The van der Waals surface area contributed by atoms with Gasteiger partial charge in [0.05, 0.1) is 5.56 Å². The van der Waals surface area contributed by atoms with E-state index in [0.29, 0.717) is 5.75 Å². The van der Waals surface area contributed by atoms with Crippen LogP contribution in [0.15, 0.2) is 42.5 Å². The Hall–Kier alpha value is -2.66. The van der Waals surface area contributed by atoms with Crippen LogP contribution < -0.4 is 10.5 Å². The number of carbonyl (C=O) groups is 2. The number of ether oxygens (including phenoxy) is 1. The highest BCUT2D eigenvalue weighted by molar-refractivity contribution is 6.08. The van der Waals surface area contributed by atoms with Crippen LogP contribution in [0, 0.1) is 0 Å². The molecule has 2 aromatic carbocycles. The van der Waals surface area contributed by atoms with Crippen LogP contribution in [-0.4, -0.2) is 29.0 Å². The van der Waals surface area contributed by atoms with E-state index in [0.717, 1.165) is 12.8 Å². The van der Waals surface area contributed by atoms with Crippen LogP contribution in [-0.2, 0) is 10.8 Å². The fourth-order valence-electron chi connectivity index (χ4n) is 4.21. The number of carboxylic acids is 1. The van der Waals surface area contributed by atoms with Gasteiger partial charge in [-0.3, -0.25) is 4.79 Å². The van der Waals surface area contributed by atoms with Crippen LogP contribution in [0.4, 0.5) is 0 Å². The number of hydrogen-bond acceptors (Lipinski definition) is 4. The molecule has 0 spiro atoms. The molecule has 0 saturated carbocycles. The summed E-state index contributed by atoms with van der Waals surface area (Å²) in [4.78, 5) is 24.3. The number of Topliss-reactive ketones (excluding diaryl/α,β-unsaturated/α-hetero) is 1. The second kappa shape index (κ2) is 7.88. The molecule has 30 heavy (non-hydrogen) atoms. The van der Waals surface area contributed by atoms with Gasteiger partial charge in [-0.15, -0.1) is 0 Å². The van der Waals surface area contributed by atoms with Crippen molar-refractivity contribution in [2.24, 2.45) is 5.73 Å². The van der Waals surface area contributed by atoms with Crippen LogP contribution in [0.25, 0.3) is 0 Å². The number of ketones is 1. The van der Waals surface area contributed by atoms with Crippen molar-refractivity contribution in [3.8, 4) is 5.75 Å². The fourth-order valence-corrected chi connectivity index (χ4v) is 4.21. The first-order valence-electron chi connectivity index (χ1n) is 10.4. The molecule has 0 bridgehead atoms. The predicted octanol–water partition coefficient (Wildman–Crippen LogP) is 4.71. The Morgan fingerprint density at radius 3 is 2.13 bits per heavy atom. The zero-order valence-electron chi connectivity index (χ0n) is 18.4. The van der Waals surface area contributed by atoms with E-state index < -0.39 is 23.9 Å². The number of fused-ring (bicyclic) bond motifs is 1. The van der Waals surface area contributed by atoms with Crippen LogP contribution >= 0.6 is 0 Å². The van der Waals surface area contributed by atoms with E-state index in [-0.39, 0.29) is 22.0 Å². The first kappa shape index (κ1) is 22.0. The molecule has 2 atom stereocenters. The molecule has 3 rings (SSSR count). The highest BCUT2D eigenvalue weighted by Crippen LogP contribution is 2.46. The Balaban J connectivity index is 1.84. The summed E-state index contributed by atoms with van der Waals surface area (Å²) >= 11 is 0. The third-order valence-corrected chi connectivity index (χ3v) is 6.38. The first-order chi connectivity index (χ1) is 13.9. The zero-order chi connectivity index (χ0) is 22.3. The minimum atomic E-state index is -1.15. The molecule has 0 heterocycles. The molecular weight excluding hydrogens is 378 g/mol. The molecule has 2 aromatic rings.